The van der Waals surface area contributed by atoms with E-state index in [0.29, 0.717) is 50.9 Å². The number of carboxylic acids is 1. The van der Waals surface area contributed by atoms with Crippen molar-refractivity contribution in [1.29, 1.82) is 0 Å². The molecule has 0 aromatic heterocycles. The number of carbonyl (C=O) groups excluding carboxylic acids is 3. The van der Waals surface area contributed by atoms with Crippen molar-refractivity contribution in [2.24, 2.45) is 11.5 Å². The second-order valence-corrected chi connectivity index (χ2v) is 8.49. The number of unbranched alkanes of at least 4 members (excludes halogenated alkanes) is 1. The zero-order chi connectivity index (χ0) is 22.7. The highest BCUT2D eigenvalue weighted by atomic mass is 32.2. The maximum atomic E-state index is 12.9. The second-order valence-electron chi connectivity index (χ2n) is 7.50. The molecule has 1 aliphatic heterocycles. The predicted octanol–water partition coefficient (Wildman–Crippen LogP) is -0.739. The van der Waals surface area contributed by atoms with Crippen LogP contribution in [0.1, 0.15) is 45.4 Å². The fourth-order valence-electron chi connectivity index (χ4n) is 3.36. The number of carboxylic acid groups (broad SMARTS) is 1. The zero-order valence-electron chi connectivity index (χ0n) is 17.8. The topological polar surface area (TPSA) is 168 Å². The van der Waals surface area contributed by atoms with E-state index in [0.717, 1.165) is 0 Å². The van der Waals surface area contributed by atoms with Gasteiger partial charge in [0.05, 0.1) is 6.04 Å². The molecule has 4 atom stereocenters. The van der Waals surface area contributed by atoms with Gasteiger partial charge < -0.3 is 32.1 Å². The molecule has 0 aliphatic carbocycles. The van der Waals surface area contributed by atoms with Gasteiger partial charge in [-0.25, -0.2) is 4.79 Å². The van der Waals surface area contributed by atoms with E-state index < -0.39 is 42.0 Å². The van der Waals surface area contributed by atoms with E-state index in [1.165, 1.54) is 16.7 Å². The van der Waals surface area contributed by atoms with E-state index in [1.54, 1.807) is 6.92 Å². The van der Waals surface area contributed by atoms with Gasteiger partial charge in [-0.05, 0) is 64.0 Å². The van der Waals surface area contributed by atoms with Crippen LogP contribution in [0.15, 0.2) is 0 Å². The molecule has 172 valence electrons. The summed E-state index contributed by atoms with van der Waals surface area (Å²) in [6.07, 6.45) is 4.91. The minimum atomic E-state index is -1.12. The third-order valence-electron chi connectivity index (χ3n) is 5.03. The Morgan fingerprint density at radius 1 is 1.17 bits per heavy atom. The maximum absolute atomic E-state index is 12.9. The number of rotatable bonds is 13. The molecule has 0 radical (unpaired) electrons. The van der Waals surface area contributed by atoms with E-state index in [-0.39, 0.29) is 12.3 Å². The van der Waals surface area contributed by atoms with Crippen LogP contribution in [0.3, 0.4) is 0 Å². The third-order valence-corrected chi connectivity index (χ3v) is 5.68. The lowest BCUT2D eigenvalue weighted by atomic mass is 10.1. The molecular weight excluding hydrogens is 410 g/mol. The molecule has 11 heteroatoms. The molecule has 0 saturated carbocycles. The Hall–Kier alpha value is -1.85. The second kappa shape index (κ2) is 13.5. The first-order valence-corrected chi connectivity index (χ1v) is 11.7. The van der Waals surface area contributed by atoms with Gasteiger partial charge in [-0.2, -0.15) is 11.8 Å². The van der Waals surface area contributed by atoms with E-state index >= 15 is 0 Å². The van der Waals surface area contributed by atoms with Crippen LogP contribution in [0.4, 0.5) is 0 Å². The van der Waals surface area contributed by atoms with Gasteiger partial charge in [0.1, 0.15) is 18.1 Å². The number of aliphatic carboxylic acids is 1. The van der Waals surface area contributed by atoms with Gasteiger partial charge in [-0.3, -0.25) is 14.4 Å². The van der Waals surface area contributed by atoms with Crippen LogP contribution in [0.2, 0.25) is 0 Å². The number of hydrogen-bond acceptors (Lipinski definition) is 7. The highest BCUT2D eigenvalue weighted by molar-refractivity contribution is 7.98. The molecule has 1 rings (SSSR count). The van der Waals surface area contributed by atoms with Crippen molar-refractivity contribution in [2.45, 2.75) is 69.6 Å². The molecule has 1 heterocycles. The lowest BCUT2D eigenvalue weighted by Gasteiger charge is -2.28. The average molecular weight is 446 g/mol. The van der Waals surface area contributed by atoms with Crippen molar-refractivity contribution in [3.8, 4) is 0 Å². The lowest BCUT2D eigenvalue weighted by Crippen LogP contribution is -2.56. The number of amides is 3. The monoisotopic (exact) mass is 445 g/mol. The lowest BCUT2D eigenvalue weighted by molar-refractivity contribution is -0.143. The molecule has 4 unspecified atom stereocenters. The van der Waals surface area contributed by atoms with E-state index in [2.05, 4.69) is 10.6 Å². The van der Waals surface area contributed by atoms with Crippen molar-refractivity contribution in [1.82, 2.24) is 15.5 Å². The van der Waals surface area contributed by atoms with Gasteiger partial charge in [0.15, 0.2) is 0 Å². The molecule has 10 nitrogen and oxygen atoms in total. The van der Waals surface area contributed by atoms with Crippen LogP contribution >= 0.6 is 11.8 Å². The minimum absolute atomic E-state index is 0.283. The Balaban J connectivity index is 2.85. The van der Waals surface area contributed by atoms with Gasteiger partial charge >= 0.3 is 5.97 Å². The largest absolute Gasteiger partial charge is 0.480 e. The fraction of sp³-hybridized carbons (Fsp3) is 0.789. The van der Waals surface area contributed by atoms with Crippen molar-refractivity contribution in [3.05, 3.63) is 0 Å². The molecule has 1 saturated heterocycles. The Bertz CT molecular complexity index is 604. The predicted molar refractivity (Wildman–Crippen MR) is 116 cm³/mol. The fourth-order valence-corrected chi connectivity index (χ4v) is 3.83. The Morgan fingerprint density at radius 2 is 1.87 bits per heavy atom. The Kier molecular flexibility index (Phi) is 11.7. The summed E-state index contributed by atoms with van der Waals surface area (Å²) in [7, 11) is 0. The molecule has 0 aromatic rings. The number of carbonyl (C=O) groups is 4. The normalized spacial score (nSPS) is 19.1. The summed E-state index contributed by atoms with van der Waals surface area (Å²) in [6.45, 7) is 2.46. The summed E-state index contributed by atoms with van der Waals surface area (Å²) in [6, 6.07) is -3.32. The van der Waals surface area contributed by atoms with E-state index in [1.807, 2.05) is 6.26 Å². The van der Waals surface area contributed by atoms with Crippen molar-refractivity contribution in [3.63, 3.8) is 0 Å². The van der Waals surface area contributed by atoms with E-state index in [9.17, 15) is 24.3 Å². The summed E-state index contributed by atoms with van der Waals surface area (Å²) in [4.78, 5) is 50.8. The number of nitrogens with zero attached hydrogens (tertiary/aromatic N) is 1. The number of likely N-dealkylation sites (tertiary alicyclic amines) is 1. The maximum Gasteiger partial charge on any atom is 0.326 e. The molecule has 30 heavy (non-hydrogen) atoms. The first-order chi connectivity index (χ1) is 14.2. The van der Waals surface area contributed by atoms with Gasteiger partial charge in [0, 0.05) is 6.54 Å². The highest BCUT2D eigenvalue weighted by Crippen LogP contribution is 2.19. The van der Waals surface area contributed by atoms with Gasteiger partial charge in [0.2, 0.25) is 17.7 Å². The first kappa shape index (κ1) is 26.2. The van der Waals surface area contributed by atoms with E-state index in [4.69, 9.17) is 11.5 Å². The van der Waals surface area contributed by atoms with Gasteiger partial charge in [-0.15, -0.1) is 0 Å². The first-order valence-electron chi connectivity index (χ1n) is 10.3. The van der Waals surface area contributed by atoms with Crippen molar-refractivity contribution >= 4 is 35.5 Å². The van der Waals surface area contributed by atoms with Gasteiger partial charge in [0.25, 0.3) is 0 Å². The molecule has 0 spiro atoms. The molecule has 7 N–H and O–H groups in total. The van der Waals surface area contributed by atoms with Crippen LogP contribution in [0.5, 0.6) is 0 Å². The van der Waals surface area contributed by atoms with Gasteiger partial charge in [-0.1, -0.05) is 0 Å². The number of thioether (sulfide) groups is 1. The van der Waals surface area contributed by atoms with Crippen molar-refractivity contribution < 1.29 is 24.3 Å². The summed E-state index contributed by atoms with van der Waals surface area (Å²) < 4.78 is 0. The summed E-state index contributed by atoms with van der Waals surface area (Å²) in [5.41, 5.74) is 11.2. The van der Waals surface area contributed by atoms with Crippen LogP contribution in [-0.2, 0) is 19.2 Å². The molecule has 1 fully saturated rings. The van der Waals surface area contributed by atoms with Crippen LogP contribution in [0.25, 0.3) is 0 Å². The molecule has 1 aliphatic rings. The summed E-state index contributed by atoms with van der Waals surface area (Å²) in [5, 5.41) is 14.6. The van der Waals surface area contributed by atoms with Crippen LogP contribution in [-0.4, -0.2) is 83.0 Å². The summed E-state index contributed by atoms with van der Waals surface area (Å²) in [5.74, 6) is -1.81. The molecule has 3 amide bonds. The average Bonchev–Trinajstić information content (AvgIpc) is 3.19. The standard InChI is InChI=1S/C19H35N5O5S/c1-12(21)18(27)24-10-5-7-15(24)17(26)22-13(6-3-4-9-20)16(25)23-14(19(28)29)8-11-30-2/h12-15H,3-11,20-21H2,1-2H3,(H,22,26)(H,23,25)(H,28,29). The highest BCUT2D eigenvalue weighted by Gasteiger charge is 2.37. The SMILES string of the molecule is CSCCC(NC(=O)C(CCCCN)NC(=O)C1CCCN1C(=O)C(C)N)C(=O)O. The Labute approximate surface area is 181 Å². The smallest absolute Gasteiger partial charge is 0.326 e. The number of hydrogen-bond donors (Lipinski definition) is 5. The quantitative estimate of drug-likeness (QED) is 0.231. The number of nitrogens with two attached hydrogens (primary N) is 2. The number of nitrogens with one attached hydrogen (secondary N) is 2. The summed E-state index contributed by atoms with van der Waals surface area (Å²) >= 11 is 1.49. The van der Waals surface area contributed by atoms with Crippen LogP contribution in [0, 0.1) is 0 Å². The molecule has 0 aromatic carbocycles. The third kappa shape index (κ3) is 8.11. The Morgan fingerprint density at radius 3 is 2.43 bits per heavy atom. The minimum Gasteiger partial charge on any atom is -0.480 e. The van der Waals surface area contributed by atoms with Crippen LogP contribution < -0.4 is 22.1 Å². The zero-order valence-corrected chi connectivity index (χ0v) is 18.6. The molecule has 0 bridgehead atoms. The molecular formula is C19H35N5O5S. The van der Waals surface area contributed by atoms with Crippen molar-refractivity contribution in [2.75, 3.05) is 25.1 Å².